The predicted octanol–water partition coefficient (Wildman–Crippen LogP) is 2.86. The molecule has 0 radical (unpaired) electrons. The van der Waals surface area contributed by atoms with Crippen LogP contribution < -0.4 is 0 Å². The largest absolute Gasteiger partial charge is 0.388 e. The summed E-state index contributed by atoms with van der Waals surface area (Å²) in [6, 6.07) is 8.30. The first-order chi connectivity index (χ1) is 9.14. The van der Waals surface area contributed by atoms with Crippen molar-refractivity contribution >= 4 is 22.7 Å². The van der Waals surface area contributed by atoms with Gasteiger partial charge in [-0.1, -0.05) is 25.1 Å². The van der Waals surface area contributed by atoms with Crippen LogP contribution >= 0.6 is 11.8 Å². The molecule has 0 saturated carbocycles. The maximum Gasteiger partial charge on any atom is 0.0827 e. The van der Waals surface area contributed by atoms with Gasteiger partial charge in [-0.05, 0) is 25.2 Å². The van der Waals surface area contributed by atoms with E-state index in [9.17, 15) is 5.11 Å². The summed E-state index contributed by atoms with van der Waals surface area (Å²) in [6.07, 6.45) is 1.53. The normalized spacial score (nSPS) is 27.2. The average molecular weight is 276 g/mol. The van der Waals surface area contributed by atoms with Crippen molar-refractivity contribution in [2.24, 2.45) is 0 Å². The van der Waals surface area contributed by atoms with Gasteiger partial charge in [-0.15, -0.1) is 0 Å². The minimum absolute atomic E-state index is 0.290. The summed E-state index contributed by atoms with van der Waals surface area (Å²) in [5.41, 5.74) is 1.61. The topological polar surface area (TPSA) is 38.0 Å². The number of aryl methyl sites for hydroxylation is 1. The molecule has 4 heteroatoms. The van der Waals surface area contributed by atoms with Gasteiger partial charge in [0.05, 0.1) is 16.8 Å². The molecule has 3 rings (SSSR count). The number of para-hydroxylation sites is 1. The van der Waals surface area contributed by atoms with E-state index < -0.39 is 5.60 Å². The quantitative estimate of drug-likeness (QED) is 0.937. The van der Waals surface area contributed by atoms with Crippen LogP contribution in [0.5, 0.6) is 0 Å². The first-order valence-electron chi connectivity index (χ1n) is 6.92. The SMILES string of the molecule is CCn1nc(CC2(O)CCSC2C)c2ccccc21. The van der Waals surface area contributed by atoms with Crippen molar-refractivity contribution in [3.8, 4) is 0 Å². The van der Waals surface area contributed by atoms with Gasteiger partial charge in [0, 0.05) is 23.6 Å². The number of benzene rings is 1. The molecule has 0 spiro atoms. The summed E-state index contributed by atoms with van der Waals surface area (Å²) in [5, 5.41) is 17.0. The Morgan fingerprint density at radius 2 is 2.26 bits per heavy atom. The second-order valence-corrected chi connectivity index (χ2v) is 6.77. The third kappa shape index (κ3) is 2.17. The summed E-state index contributed by atoms with van der Waals surface area (Å²) >= 11 is 1.86. The number of aliphatic hydroxyl groups is 1. The zero-order valence-corrected chi connectivity index (χ0v) is 12.3. The van der Waals surface area contributed by atoms with Gasteiger partial charge in [0.2, 0.25) is 0 Å². The van der Waals surface area contributed by atoms with Gasteiger partial charge in [-0.25, -0.2) is 0 Å². The lowest BCUT2D eigenvalue weighted by atomic mass is 9.91. The Morgan fingerprint density at radius 3 is 2.95 bits per heavy atom. The lowest BCUT2D eigenvalue weighted by Gasteiger charge is -2.25. The van der Waals surface area contributed by atoms with Crippen LogP contribution in [-0.2, 0) is 13.0 Å². The van der Waals surface area contributed by atoms with Crippen molar-refractivity contribution in [2.45, 2.75) is 44.1 Å². The molecule has 1 aliphatic heterocycles. The number of nitrogens with zero attached hydrogens (tertiary/aromatic N) is 2. The summed E-state index contributed by atoms with van der Waals surface area (Å²) < 4.78 is 2.03. The van der Waals surface area contributed by atoms with Crippen LogP contribution in [0.2, 0.25) is 0 Å². The zero-order chi connectivity index (χ0) is 13.5. The average Bonchev–Trinajstić information content (AvgIpc) is 2.92. The third-order valence-corrected chi connectivity index (χ3v) is 5.55. The summed E-state index contributed by atoms with van der Waals surface area (Å²) in [4.78, 5) is 0. The molecule has 2 heterocycles. The van der Waals surface area contributed by atoms with Crippen LogP contribution in [0.15, 0.2) is 24.3 Å². The minimum Gasteiger partial charge on any atom is -0.388 e. The Hall–Kier alpha value is -1.00. The lowest BCUT2D eigenvalue weighted by Crippen LogP contribution is -2.37. The molecule has 102 valence electrons. The monoisotopic (exact) mass is 276 g/mol. The van der Waals surface area contributed by atoms with Crippen molar-refractivity contribution in [1.82, 2.24) is 9.78 Å². The van der Waals surface area contributed by atoms with Gasteiger partial charge in [0.25, 0.3) is 0 Å². The highest BCUT2D eigenvalue weighted by molar-refractivity contribution is 8.00. The maximum absolute atomic E-state index is 10.8. The smallest absolute Gasteiger partial charge is 0.0827 e. The predicted molar refractivity (Wildman–Crippen MR) is 80.6 cm³/mol. The second-order valence-electron chi connectivity index (χ2n) is 5.32. The fourth-order valence-electron chi connectivity index (χ4n) is 2.86. The molecule has 1 aromatic heterocycles. The van der Waals surface area contributed by atoms with Crippen molar-refractivity contribution in [2.75, 3.05) is 5.75 Å². The fraction of sp³-hybridized carbons (Fsp3) is 0.533. The Labute approximate surface area is 118 Å². The molecule has 0 aliphatic carbocycles. The first kappa shape index (κ1) is 13.0. The Bertz CT molecular complexity index is 595. The molecule has 1 N–H and O–H groups in total. The molecule has 19 heavy (non-hydrogen) atoms. The minimum atomic E-state index is -0.597. The molecule has 1 saturated heterocycles. The molecule has 2 aromatic rings. The lowest BCUT2D eigenvalue weighted by molar-refractivity contribution is 0.0456. The number of rotatable bonds is 3. The highest BCUT2D eigenvalue weighted by atomic mass is 32.2. The first-order valence-corrected chi connectivity index (χ1v) is 7.97. The van der Waals surface area contributed by atoms with Crippen molar-refractivity contribution in [3.05, 3.63) is 30.0 Å². The molecule has 1 fully saturated rings. The van der Waals surface area contributed by atoms with Gasteiger partial charge >= 0.3 is 0 Å². The van der Waals surface area contributed by atoms with Crippen LogP contribution in [-0.4, -0.2) is 31.5 Å². The molecule has 0 amide bonds. The van der Waals surface area contributed by atoms with Gasteiger partial charge in [0.15, 0.2) is 0 Å². The van der Waals surface area contributed by atoms with E-state index in [1.807, 2.05) is 28.6 Å². The van der Waals surface area contributed by atoms with Crippen molar-refractivity contribution in [3.63, 3.8) is 0 Å². The second kappa shape index (κ2) is 4.84. The van der Waals surface area contributed by atoms with E-state index in [1.165, 1.54) is 10.9 Å². The third-order valence-electron chi connectivity index (χ3n) is 4.17. The van der Waals surface area contributed by atoms with E-state index in [1.54, 1.807) is 0 Å². The molecule has 2 unspecified atom stereocenters. The molecular formula is C15H20N2OS. The van der Waals surface area contributed by atoms with E-state index >= 15 is 0 Å². The summed E-state index contributed by atoms with van der Waals surface area (Å²) in [7, 11) is 0. The number of hydrogen-bond donors (Lipinski definition) is 1. The van der Waals surface area contributed by atoms with Crippen LogP contribution in [0.3, 0.4) is 0 Å². The number of aromatic nitrogens is 2. The number of hydrogen-bond acceptors (Lipinski definition) is 3. The Kier molecular flexibility index (Phi) is 3.31. The van der Waals surface area contributed by atoms with Crippen LogP contribution in [0, 0.1) is 0 Å². The molecule has 0 bridgehead atoms. The summed E-state index contributed by atoms with van der Waals surface area (Å²) in [5.74, 6) is 1.05. The fourth-order valence-corrected chi connectivity index (χ4v) is 4.20. The molecule has 1 aromatic carbocycles. The van der Waals surface area contributed by atoms with Gasteiger partial charge < -0.3 is 5.11 Å². The van der Waals surface area contributed by atoms with Crippen molar-refractivity contribution in [1.29, 1.82) is 0 Å². The van der Waals surface area contributed by atoms with E-state index in [0.717, 1.165) is 24.4 Å². The summed E-state index contributed by atoms with van der Waals surface area (Å²) in [6.45, 7) is 5.09. The van der Waals surface area contributed by atoms with Crippen molar-refractivity contribution < 1.29 is 5.11 Å². The number of thioether (sulfide) groups is 1. The maximum atomic E-state index is 10.8. The van der Waals surface area contributed by atoms with E-state index in [4.69, 9.17) is 5.10 Å². The van der Waals surface area contributed by atoms with Crippen LogP contribution in [0.25, 0.3) is 10.9 Å². The van der Waals surface area contributed by atoms with Gasteiger partial charge in [-0.3, -0.25) is 4.68 Å². The zero-order valence-electron chi connectivity index (χ0n) is 11.5. The molecule has 3 nitrogen and oxygen atoms in total. The van der Waals surface area contributed by atoms with Crippen LogP contribution in [0.1, 0.15) is 26.0 Å². The number of fused-ring (bicyclic) bond motifs is 1. The highest BCUT2D eigenvalue weighted by Crippen LogP contribution is 2.38. The standard InChI is InChI=1S/C15H20N2OS/c1-3-17-14-7-5-4-6-12(14)13(16-17)10-15(18)8-9-19-11(15)2/h4-7,11,18H,3,8-10H2,1-2H3. The van der Waals surface area contributed by atoms with E-state index in [2.05, 4.69) is 26.0 Å². The van der Waals surface area contributed by atoms with Gasteiger partial charge in [0.1, 0.15) is 0 Å². The van der Waals surface area contributed by atoms with Crippen LogP contribution in [0.4, 0.5) is 0 Å². The highest BCUT2D eigenvalue weighted by Gasteiger charge is 2.40. The molecular weight excluding hydrogens is 256 g/mol. The van der Waals surface area contributed by atoms with Gasteiger partial charge in [-0.2, -0.15) is 16.9 Å². The molecule has 2 atom stereocenters. The Balaban J connectivity index is 2.01. The molecule has 1 aliphatic rings. The van der Waals surface area contributed by atoms with E-state index in [0.29, 0.717) is 6.42 Å². The Morgan fingerprint density at radius 1 is 1.47 bits per heavy atom. The van der Waals surface area contributed by atoms with E-state index in [-0.39, 0.29) is 5.25 Å².